The molecular weight excluding hydrogens is 476 g/mol. The molecule has 0 bridgehead atoms. The van der Waals surface area contributed by atoms with E-state index in [1.807, 2.05) is 48.5 Å². The number of fused-ring (bicyclic) bond motifs is 5. The van der Waals surface area contributed by atoms with Crippen LogP contribution in [0.3, 0.4) is 0 Å². The van der Waals surface area contributed by atoms with Gasteiger partial charge in [0.1, 0.15) is 11.2 Å². The molecule has 182 valence electrons. The maximum Gasteiger partial charge on any atom is 0.135 e. The minimum atomic E-state index is 0.860. The fraction of sp³-hybridized carbons (Fsp3) is 0. The van der Waals surface area contributed by atoms with Crippen LogP contribution in [-0.2, 0) is 0 Å². The Bertz CT molecular complexity index is 2170. The lowest BCUT2D eigenvalue weighted by Crippen LogP contribution is -1.95. The Morgan fingerprint density at radius 2 is 0.974 bits per heavy atom. The number of furan rings is 1. The maximum atomic E-state index is 6.07. The molecule has 0 aliphatic rings. The van der Waals surface area contributed by atoms with Crippen LogP contribution in [0.25, 0.3) is 77.4 Å². The SMILES string of the molecule is c1ccc2cc(-c3ccc(-c4nc5ccccc5nc4-c4ccc5oc6ccccc6c5c4)cc3)ccc2c1. The molecule has 8 aromatic rings. The van der Waals surface area contributed by atoms with Crippen molar-refractivity contribution in [3.05, 3.63) is 133 Å². The first-order valence-corrected chi connectivity index (χ1v) is 13.1. The molecule has 0 aliphatic heterocycles. The first-order valence-electron chi connectivity index (χ1n) is 13.1. The molecule has 0 aliphatic carbocycles. The van der Waals surface area contributed by atoms with Crippen molar-refractivity contribution in [2.45, 2.75) is 0 Å². The van der Waals surface area contributed by atoms with Gasteiger partial charge in [0.25, 0.3) is 0 Å². The van der Waals surface area contributed by atoms with E-state index < -0.39 is 0 Å². The van der Waals surface area contributed by atoms with Crippen molar-refractivity contribution in [3.63, 3.8) is 0 Å². The second-order valence-corrected chi connectivity index (χ2v) is 9.86. The van der Waals surface area contributed by atoms with Gasteiger partial charge >= 0.3 is 0 Å². The fourth-order valence-electron chi connectivity index (χ4n) is 5.47. The molecule has 0 unspecified atom stereocenters. The van der Waals surface area contributed by atoms with Gasteiger partial charge in [-0.3, -0.25) is 0 Å². The molecule has 0 atom stereocenters. The van der Waals surface area contributed by atoms with E-state index in [-0.39, 0.29) is 0 Å². The zero-order chi connectivity index (χ0) is 25.8. The molecule has 0 saturated carbocycles. The highest BCUT2D eigenvalue weighted by Gasteiger charge is 2.16. The van der Waals surface area contributed by atoms with Gasteiger partial charge in [0.05, 0.1) is 22.4 Å². The van der Waals surface area contributed by atoms with Crippen LogP contribution in [-0.4, -0.2) is 9.97 Å². The third-order valence-electron chi connectivity index (χ3n) is 7.46. The van der Waals surface area contributed by atoms with E-state index in [9.17, 15) is 0 Å². The molecule has 0 saturated heterocycles. The Morgan fingerprint density at radius 1 is 0.385 bits per heavy atom. The van der Waals surface area contributed by atoms with Gasteiger partial charge in [-0.15, -0.1) is 0 Å². The van der Waals surface area contributed by atoms with E-state index in [2.05, 4.69) is 84.9 Å². The number of para-hydroxylation sites is 3. The summed E-state index contributed by atoms with van der Waals surface area (Å²) < 4.78 is 6.07. The van der Waals surface area contributed by atoms with Gasteiger partial charge in [-0.1, -0.05) is 91.0 Å². The number of nitrogens with zero attached hydrogens (tertiary/aromatic N) is 2. The lowest BCUT2D eigenvalue weighted by molar-refractivity contribution is 0.669. The van der Waals surface area contributed by atoms with Crippen molar-refractivity contribution in [1.29, 1.82) is 0 Å². The van der Waals surface area contributed by atoms with Gasteiger partial charge in [0.15, 0.2) is 0 Å². The average Bonchev–Trinajstić information content (AvgIpc) is 3.38. The Labute approximate surface area is 225 Å². The maximum absolute atomic E-state index is 6.07. The molecule has 39 heavy (non-hydrogen) atoms. The fourth-order valence-corrected chi connectivity index (χ4v) is 5.47. The molecular formula is C36H22N2O. The molecule has 6 aromatic carbocycles. The standard InChI is InChI=1S/C36H22N2O/c1-2-8-26-21-27(18-15-23(26)7-1)24-13-16-25(17-14-24)35-36(38-32-11-5-4-10-31(32)37-35)28-19-20-34-30(22-28)29-9-3-6-12-33(29)39-34/h1-22H. The third kappa shape index (κ3) is 3.67. The van der Waals surface area contributed by atoms with Crippen molar-refractivity contribution < 1.29 is 4.42 Å². The van der Waals surface area contributed by atoms with Crippen molar-refractivity contribution in [2.75, 3.05) is 0 Å². The van der Waals surface area contributed by atoms with Crippen molar-refractivity contribution in [3.8, 4) is 33.6 Å². The minimum absolute atomic E-state index is 0.860. The predicted molar refractivity (Wildman–Crippen MR) is 161 cm³/mol. The Morgan fingerprint density at radius 3 is 1.79 bits per heavy atom. The Hall–Kier alpha value is -5.28. The second kappa shape index (κ2) is 8.64. The Kier molecular flexibility index (Phi) is 4.82. The summed E-state index contributed by atoms with van der Waals surface area (Å²) in [6.45, 7) is 0. The lowest BCUT2D eigenvalue weighted by atomic mass is 9.98. The van der Waals surface area contributed by atoms with Crippen LogP contribution in [0.15, 0.2) is 138 Å². The predicted octanol–water partition coefficient (Wildman–Crippen LogP) is 9.68. The monoisotopic (exact) mass is 498 g/mol. The van der Waals surface area contributed by atoms with E-state index in [0.717, 1.165) is 55.5 Å². The summed E-state index contributed by atoms with van der Waals surface area (Å²) in [5.74, 6) is 0. The van der Waals surface area contributed by atoms with E-state index in [1.165, 1.54) is 21.9 Å². The van der Waals surface area contributed by atoms with Gasteiger partial charge in [-0.2, -0.15) is 0 Å². The molecule has 8 rings (SSSR count). The van der Waals surface area contributed by atoms with Gasteiger partial charge in [-0.05, 0) is 64.4 Å². The summed E-state index contributed by atoms with van der Waals surface area (Å²) in [5, 5.41) is 4.67. The topological polar surface area (TPSA) is 38.9 Å². The number of hydrogen-bond acceptors (Lipinski definition) is 3. The van der Waals surface area contributed by atoms with Crippen LogP contribution in [0.5, 0.6) is 0 Å². The summed E-state index contributed by atoms with van der Waals surface area (Å²) in [6, 6.07) is 46.2. The third-order valence-corrected chi connectivity index (χ3v) is 7.46. The summed E-state index contributed by atoms with van der Waals surface area (Å²) >= 11 is 0. The molecule has 2 aromatic heterocycles. The normalized spacial score (nSPS) is 11.6. The quantitative estimate of drug-likeness (QED) is 0.243. The summed E-state index contributed by atoms with van der Waals surface area (Å²) in [5.41, 5.74) is 9.66. The number of aromatic nitrogens is 2. The van der Waals surface area contributed by atoms with Gasteiger partial charge < -0.3 is 4.42 Å². The van der Waals surface area contributed by atoms with Gasteiger partial charge in [-0.25, -0.2) is 9.97 Å². The van der Waals surface area contributed by atoms with Crippen LogP contribution >= 0.6 is 0 Å². The molecule has 2 heterocycles. The molecule has 0 amide bonds. The minimum Gasteiger partial charge on any atom is -0.456 e. The smallest absolute Gasteiger partial charge is 0.135 e. The van der Waals surface area contributed by atoms with E-state index in [4.69, 9.17) is 14.4 Å². The highest BCUT2D eigenvalue weighted by atomic mass is 16.3. The number of benzene rings is 6. The molecule has 0 fully saturated rings. The molecule has 3 nitrogen and oxygen atoms in total. The van der Waals surface area contributed by atoms with E-state index in [1.54, 1.807) is 0 Å². The van der Waals surface area contributed by atoms with E-state index >= 15 is 0 Å². The highest BCUT2D eigenvalue weighted by molar-refractivity contribution is 6.06. The summed E-state index contributed by atoms with van der Waals surface area (Å²) in [6.07, 6.45) is 0. The second-order valence-electron chi connectivity index (χ2n) is 9.86. The summed E-state index contributed by atoms with van der Waals surface area (Å²) in [4.78, 5) is 10.2. The van der Waals surface area contributed by atoms with Crippen molar-refractivity contribution in [1.82, 2.24) is 9.97 Å². The van der Waals surface area contributed by atoms with Crippen LogP contribution in [0.4, 0.5) is 0 Å². The van der Waals surface area contributed by atoms with E-state index in [0.29, 0.717) is 0 Å². The van der Waals surface area contributed by atoms with Crippen LogP contribution in [0.2, 0.25) is 0 Å². The zero-order valence-electron chi connectivity index (χ0n) is 21.0. The highest BCUT2D eigenvalue weighted by Crippen LogP contribution is 2.36. The number of hydrogen-bond donors (Lipinski definition) is 0. The van der Waals surface area contributed by atoms with Crippen LogP contribution in [0, 0.1) is 0 Å². The average molecular weight is 499 g/mol. The molecule has 0 spiro atoms. The van der Waals surface area contributed by atoms with Gasteiger partial charge in [0, 0.05) is 21.9 Å². The van der Waals surface area contributed by atoms with Crippen LogP contribution in [0.1, 0.15) is 0 Å². The number of rotatable bonds is 3. The first kappa shape index (κ1) is 21.8. The first-order chi connectivity index (χ1) is 19.3. The largest absolute Gasteiger partial charge is 0.456 e. The molecule has 0 radical (unpaired) electrons. The van der Waals surface area contributed by atoms with Crippen molar-refractivity contribution in [2.24, 2.45) is 0 Å². The lowest BCUT2D eigenvalue weighted by Gasteiger charge is -2.12. The molecule has 3 heteroatoms. The molecule has 0 N–H and O–H groups in total. The summed E-state index contributed by atoms with van der Waals surface area (Å²) in [7, 11) is 0. The zero-order valence-corrected chi connectivity index (χ0v) is 21.0. The van der Waals surface area contributed by atoms with Gasteiger partial charge in [0.2, 0.25) is 0 Å². The van der Waals surface area contributed by atoms with Crippen LogP contribution < -0.4 is 0 Å². The van der Waals surface area contributed by atoms with Crippen molar-refractivity contribution >= 4 is 43.7 Å². The Balaban J connectivity index is 1.28.